The number of rotatable bonds is 26. The van der Waals surface area contributed by atoms with Gasteiger partial charge in [0.25, 0.3) is 20.0 Å². The van der Waals surface area contributed by atoms with E-state index in [1.165, 1.54) is 24.3 Å². The van der Waals surface area contributed by atoms with Gasteiger partial charge in [0.2, 0.25) is 0 Å². The van der Waals surface area contributed by atoms with Gasteiger partial charge in [-0.1, -0.05) is 24.3 Å². The van der Waals surface area contributed by atoms with E-state index in [4.69, 9.17) is 9.47 Å². The third-order valence-electron chi connectivity index (χ3n) is 9.42. The molecule has 0 saturated carbocycles. The van der Waals surface area contributed by atoms with E-state index in [0.29, 0.717) is 79.9 Å². The molecule has 2 atom stereocenters. The molecule has 8 N–H and O–H groups in total. The normalized spacial score (nSPS) is 12.5. The topological polar surface area (TPSA) is 225 Å². The van der Waals surface area contributed by atoms with E-state index in [9.17, 15) is 27.0 Å². The van der Waals surface area contributed by atoms with Crippen molar-refractivity contribution in [2.75, 3.05) is 66.1 Å². The van der Waals surface area contributed by atoms with Gasteiger partial charge in [0.05, 0.1) is 28.9 Å². The number of nitrogens with zero attached hydrogens (tertiary/aromatic N) is 2. The molecule has 6 aromatic rings. The number of aliphatic hydroxyl groups is 2. The maximum atomic E-state index is 13.1. The predicted molar refractivity (Wildman–Crippen MR) is 244 cm³/mol. The van der Waals surface area contributed by atoms with Crippen molar-refractivity contribution >= 4 is 42.8 Å². The number of aromatic nitrogens is 2. The fraction of sp³-hybridized carbons (Fsp3) is 0.244. The molecule has 63 heavy (non-hydrogen) atoms. The summed E-state index contributed by atoms with van der Waals surface area (Å²) in [6.45, 7) is 2.57. The van der Waals surface area contributed by atoms with E-state index < -0.39 is 32.3 Å². The van der Waals surface area contributed by atoms with E-state index >= 15 is 0 Å². The largest absolute Gasteiger partial charge is 0.489 e. The standard InChI is InChI=1S/C45H52N8O8S2/c54-40(31-60-42-3-1-23-46-29-42)27-48-25-21-34-5-9-38(10-6-34)52-62(56,57)44-17-13-36(14-18-44)50-33-51-37-15-19-45(20-16-37)63(58,59)53-39-11-7-35(8-12-39)22-26-49-28-41(55)32-61-43-4-2-24-47-30-43/h1-20,23-24,29-30,40-41,48-55H,21-22,25-28,31-33H2/t40-,41-/m0/s1. The van der Waals surface area contributed by atoms with E-state index in [0.717, 1.165) is 11.1 Å². The van der Waals surface area contributed by atoms with Gasteiger partial charge in [-0.05, 0) is 134 Å². The number of benzene rings is 4. The van der Waals surface area contributed by atoms with Crippen LogP contribution in [0.4, 0.5) is 22.7 Å². The zero-order valence-corrected chi connectivity index (χ0v) is 36.1. The van der Waals surface area contributed by atoms with Crippen molar-refractivity contribution in [3.63, 3.8) is 0 Å². The first-order chi connectivity index (χ1) is 30.5. The summed E-state index contributed by atoms with van der Waals surface area (Å²) in [5.74, 6) is 1.19. The Labute approximate surface area is 368 Å². The minimum absolute atomic E-state index is 0.103. The molecule has 332 valence electrons. The lowest BCUT2D eigenvalue weighted by Crippen LogP contribution is -2.32. The van der Waals surface area contributed by atoms with Crippen molar-refractivity contribution < 1.29 is 36.5 Å². The van der Waals surface area contributed by atoms with Crippen LogP contribution in [0.1, 0.15) is 11.1 Å². The lowest BCUT2D eigenvalue weighted by Gasteiger charge is -2.13. The van der Waals surface area contributed by atoms with Crippen molar-refractivity contribution in [3.8, 4) is 11.5 Å². The Morgan fingerprint density at radius 2 is 0.889 bits per heavy atom. The lowest BCUT2D eigenvalue weighted by molar-refractivity contribution is 0.106. The SMILES string of the molecule is O=S(=O)(Nc1ccc(CCNC[C@H](O)COc2cccnc2)cc1)c1ccc(NCNc2ccc(S(=O)(=O)Nc3ccc(CCNC[C@H](O)COc4cccnc4)cc3)cc2)cc1. The maximum Gasteiger partial charge on any atom is 0.261 e. The highest BCUT2D eigenvalue weighted by atomic mass is 32.2. The second-order valence-electron chi connectivity index (χ2n) is 14.4. The molecule has 0 bridgehead atoms. The first kappa shape index (κ1) is 46.2. The molecule has 4 aromatic carbocycles. The third-order valence-corrected chi connectivity index (χ3v) is 12.2. The van der Waals surface area contributed by atoms with Crippen molar-refractivity contribution in [3.05, 3.63) is 157 Å². The number of anilines is 4. The molecule has 2 heterocycles. The number of ether oxygens (including phenoxy) is 2. The maximum absolute atomic E-state index is 13.1. The summed E-state index contributed by atoms with van der Waals surface area (Å²) in [5, 5.41) is 33.0. The van der Waals surface area contributed by atoms with Gasteiger partial charge in [-0.25, -0.2) is 16.8 Å². The predicted octanol–water partition coefficient (Wildman–Crippen LogP) is 4.70. The molecule has 0 saturated heterocycles. The van der Waals surface area contributed by atoms with Crippen LogP contribution in [-0.4, -0.2) is 95.3 Å². The van der Waals surface area contributed by atoms with Gasteiger partial charge in [-0.15, -0.1) is 0 Å². The van der Waals surface area contributed by atoms with Gasteiger partial charge >= 0.3 is 0 Å². The van der Waals surface area contributed by atoms with Crippen LogP contribution in [0.25, 0.3) is 0 Å². The minimum Gasteiger partial charge on any atom is -0.489 e. The van der Waals surface area contributed by atoms with Gasteiger partial charge in [-0.3, -0.25) is 19.4 Å². The van der Waals surface area contributed by atoms with Crippen LogP contribution in [0.5, 0.6) is 11.5 Å². The highest BCUT2D eigenvalue weighted by molar-refractivity contribution is 7.93. The number of hydrogen-bond donors (Lipinski definition) is 8. The molecule has 2 aromatic heterocycles. The Bertz CT molecular complexity index is 2310. The van der Waals surface area contributed by atoms with Crippen LogP contribution in [0.15, 0.2) is 156 Å². The lowest BCUT2D eigenvalue weighted by atomic mass is 10.1. The van der Waals surface area contributed by atoms with Gasteiger partial charge in [0.1, 0.15) is 36.9 Å². The van der Waals surface area contributed by atoms with Crippen LogP contribution >= 0.6 is 0 Å². The van der Waals surface area contributed by atoms with E-state index in [-0.39, 0.29) is 23.0 Å². The van der Waals surface area contributed by atoms with Crippen molar-refractivity contribution in [2.24, 2.45) is 0 Å². The van der Waals surface area contributed by atoms with Crippen LogP contribution in [0.2, 0.25) is 0 Å². The van der Waals surface area contributed by atoms with Crippen LogP contribution < -0.4 is 40.2 Å². The summed E-state index contributed by atoms with van der Waals surface area (Å²) < 4.78 is 68.6. The number of nitrogens with one attached hydrogen (secondary N) is 6. The molecule has 0 fully saturated rings. The second kappa shape index (κ2) is 23.2. The van der Waals surface area contributed by atoms with Crippen molar-refractivity contribution in [2.45, 2.75) is 34.8 Å². The average Bonchev–Trinajstić information content (AvgIpc) is 3.30. The highest BCUT2D eigenvalue weighted by Gasteiger charge is 2.16. The summed E-state index contributed by atoms with van der Waals surface area (Å²) in [7, 11) is -7.67. The molecule has 0 aliphatic rings. The van der Waals surface area contributed by atoms with Gasteiger partial charge < -0.3 is 41.0 Å². The van der Waals surface area contributed by atoms with Crippen LogP contribution in [0, 0.1) is 0 Å². The Morgan fingerprint density at radius 3 is 1.25 bits per heavy atom. The molecule has 6 rings (SSSR count). The first-order valence-corrected chi connectivity index (χ1v) is 23.2. The Balaban J connectivity index is 0.859. The third kappa shape index (κ3) is 15.5. The second-order valence-corrected chi connectivity index (χ2v) is 17.8. The van der Waals surface area contributed by atoms with E-state index in [1.807, 2.05) is 24.3 Å². The highest BCUT2D eigenvalue weighted by Crippen LogP contribution is 2.21. The van der Waals surface area contributed by atoms with Gasteiger partial charge in [-0.2, -0.15) is 0 Å². The summed E-state index contributed by atoms with van der Waals surface area (Å²) in [4.78, 5) is 8.16. The molecule has 0 radical (unpaired) electrons. The molecular formula is C45H52N8O8S2. The molecule has 0 unspecified atom stereocenters. The van der Waals surface area contributed by atoms with Gasteiger partial charge in [0, 0.05) is 48.2 Å². The van der Waals surface area contributed by atoms with Crippen molar-refractivity contribution in [1.82, 2.24) is 20.6 Å². The number of sulfonamides is 2. The fourth-order valence-corrected chi connectivity index (χ4v) is 8.15. The Hall–Kier alpha value is -6.28. The number of pyridine rings is 2. The molecule has 18 heteroatoms. The molecule has 0 aliphatic carbocycles. The molecule has 0 spiro atoms. The van der Waals surface area contributed by atoms with Crippen molar-refractivity contribution in [1.29, 1.82) is 0 Å². The summed E-state index contributed by atoms with van der Waals surface area (Å²) in [5.41, 5.74) is 4.24. The summed E-state index contributed by atoms with van der Waals surface area (Å²) >= 11 is 0. The molecule has 0 aliphatic heterocycles. The minimum atomic E-state index is -3.83. The van der Waals surface area contributed by atoms with E-state index in [2.05, 4.69) is 40.7 Å². The summed E-state index contributed by atoms with van der Waals surface area (Å²) in [6.07, 6.45) is 6.50. The smallest absolute Gasteiger partial charge is 0.261 e. The monoisotopic (exact) mass is 896 g/mol. The van der Waals surface area contributed by atoms with Gasteiger partial charge in [0.15, 0.2) is 0 Å². The summed E-state index contributed by atoms with van der Waals surface area (Å²) in [6, 6.07) is 34.0. The number of hydrogen-bond acceptors (Lipinski definition) is 14. The van der Waals surface area contributed by atoms with Crippen LogP contribution in [0.3, 0.4) is 0 Å². The Morgan fingerprint density at radius 1 is 0.508 bits per heavy atom. The molecule has 16 nitrogen and oxygen atoms in total. The Kier molecular flexibility index (Phi) is 17.1. The first-order valence-electron chi connectivity index (χ1n) is 20.3. The molecule has 0 amide bonds. The van der Waals surface area contributed by atoms with E-state index in [1.54, 1.807) is 97.6 Å². The number of aliphatic hydroxyl groups excluding tert-OH is 2. The average molecular weight is 897 g/mol. The molecular weight excluding hydrogens is 845 g/mol. The zero-order valence-electron chi connectivity index (χ0n) is 34.4. The van der Waals surface area contributed by atoms with Crippen LogP contribution in [-0.2, 0) is 32.9 Å². The zero-order chi connectivity index (χ0) is 44.3. The fourth-order valence-electron chi connectivity index (χ4n) is 6.03. The quantitative estimate of drug-likeness (QED) is 0.0273.